The average molecular weight is 182 g/mol. The molecule has 0 fully saturated rings. The van der Waals surface area contributed by atoms with Gasteiger partial charge in [-0.15, -0.1) is 4.73 Å². The molecule has 1 aliphatic rings. The molecular formula is C6H2N2O5. The summed E-state index contributed by atoms with van der Waals surface area (Å²) in [6.45, 7) is 0. The van der Waals surface area contributed by atoms with Crippen molar-refractivity contribution in [3.8, 4) is 5.88 Å². The van der Waals surface area contributed by atoms with Crippen LogP contribution in [0.5, 0.6) is 5.88 Å². The van der Waals surface area contributed by atoms with Crippen LogP contribution in [0.4, 0.5) is 0 Å². The number of carbonyl (C=O) groups is 2. The molecule has 1 aromatic rings. The van der Waals surface area contributed by atoms with Gasteiger partial charge in [-0.05, 0) is 0 Å². The number of aromatic nitrogens is 2. The summed E-state index contributed by atoms with van der Waals surface area (Å²) < 4.78 is 4.88. The van der Waals surface area contributed by atoms with E-state index in [-0.39, 0.29) is 0 Å². The van der Waals surface area contributed by atoms with E-state index in [0.717, 1.165) is 6.20 Å². The monoisotopic (exact) mass is 182 g/mol. The largest absolute Gasteiger partial charge is 0.442 e. The van der Waals surface area contributed by atoms with Gasteiger partial charge < -0.3 is 9.57 Å². The highest BCUT2D eigenvalue weighted by molar-refractivity contribution is 6.30. The molecule has 1 aliphatic heterocycles. The van der Waals surface area contributed by atoms with Crippen molar-refractivity contribution in [1.29, 1.82) is 0 Å². The van der Waals surface area contributed by atoms with Crippen LogP contribution in [0, 0.1) is 0 Å². The standard InChI is InChI=1S/C6H2N2O5/c9-4-3-7-1-2-8(4)13-6(11)5(10)12-3/h1-2H. The lowest BCUT2D eigenvalue weighted by atomic mass is 10.7. The topological polar surface area (TPSA) is 87.5 Å². The van der Waals surface area contributed by atoms with Gasteiger partial charge in [-0.2, -0.15) is 0 Å². The maximum absolute atomic E-state index is 11.1. The Labute approximate surface area is 70.5 Å². The number of ether oxygens (including phenoxy) is 1. The smallest absolute Gasteiger partial charge is 0.393 e. The summed E-state index contributed by atoms with van der Waals surface area (Å²) >= 11 is 0. The van der Waals surface area contributed by atoms with E-state index in [1.807, 2.05) is 0 Å². The highest BCUT2D eigenvalue weighted by atomic mass is 16.7. The van der Waals surface area contributed by atoms with Gasteiger partial charge in [0.25, 0.3) is 5.88 Å². The van der Waals surface area contributed by atoms with Crippen LogP contribution in [-0.2, 0) is 9.59 Å². The fraction of sp³-hybridized carbons (Fsp3) is 0. The molecule has 0 saturated heterocycles. The Kier molecular flexibility index (Phi) is 1.38. The zero-order valence-electron chi connectivity index (χ0n) is 6.09. The number of hydrogen-bond donors (Lipinski definition) is 0. The molecule has 66 valence electrons. The van der Waals surface area contributed by atoms with Gasteiger partial charge in [0.1, 0.15) is 0 Å². The van der Waals surface area contributed by atoms with E-state index in [0.29, 0.717) is 4.73 Å². The fourth-order valence-corrected chi connectivity index (χ4v) is 0.777. The second kappa shape index (κ2) is 2.41. The normalized spacial score (nSPS) is 14.5. The average Bonchev–Trinajstić information content (AvgIpc) is 2.19. The molecule has 0 amide bonds. The Balaban J connectivity index is 2.64. The van der Waals surface area contributed by atoms with Crippen LogP contribution in [0.1, 0.15) is 0 Å². The summed E-state index contributed by atoms with van der Waals surface area (Å²) in [7, 11) is 0. The summed E-state index contributed by atoms with van der Waals surface area (Å²) in [5, 5.41) is 0. The molecule has 7 heteroatoms. The van der Waals surface area contributed by atoms with Gasteiger partial charge in [-0.1, -0.05) is 0 Å². The van der Waals surface area contributed by atoms with Crippen molar-refractivity contribution in [1.82, 2.24) is 9.71 Å². The van der Waals surface area contributed by atoms with E-state index in [2.05, 4.69) is 14.6 Å². The first kappa shape index (κ1) is 7.47. The van der Waals surface area contributed by atoms with Crippen molar-refractivity contribution in [2.75, 3.05) is 0 Å². The van der Waals surface area contributed by atoms with Crippen molar-refractivity contribution in [2.24, 2.45) is 0 Å². The van der Waals surface area contributed by atoms with Crippen LogP contribution < -0.4 is 15.1 Å². The first-order chi connectivity index (χ1) is 6.18. The lowest BCUT2D eigenvalue weighted by molar-refractivity contribution is -0.161. The Bertz CT molecular complexity index is 411. The molecule has 13 heavy (non-hydrogen) atoms. The SMILES string of the molecule is O=C1Oc2nccn(c2=O)OC1=O. The number of nitrogens with zero attached hydrogens (tertiary/aromatic N) is 2. The molecular weight excluding hydrogens is 180 g/mol. The van der Waals surface area contributed by atoms with Crippen molar-refractivity contribution < 1.29 is 19.2 Å². The summed E-state index contributed by atoms with van der Waals surface area (Å²) in [5.74, 6) is -3.00. The maximum Gasteiger partial charge on any atom is 0.442 e. The first-order valence-electron chi connectivity index (χ1n) is 3.20. The maximum atomic E-state index is 11.1. The number of rotatable bonds is 0. The molecule has 0 spiro atoms. The van der Waals surface area contributed by atoms with E-state index >= 15 is 0 Å². The zero-order valence-corrected chi connectivity index (χ0v) is 6.09. The summed E-state index contributed by atoms with van der Waals surface area (Å²) in [4.78, 5) is 40.3. The predicted octanol–water partition coefficient (Wildman–Crippen LogP) is -1.88. The van der Waals surface area contributed by atoms with Gasteiger partial charge >= 0.3 is 17.5 Å². The van der Waals surface area contributed by atoms with Gasteiger partial charge in [0, 0.05) is 0 Å². The van der Waals surface area contributed by atoms with E-state index in [9.17, 15) is 14.4 Å². The third kappa shape index (κ3) is 1.06. The second-order valence-electron chi connectivity index (χ2n) is 2.13. The molecule has 0 N–H and O–H groups in total. The van der Waals surface area contributed by atoms with Crippen molar-refractivity contribution >= 4 is 11.9 Å². The molecule has 0 atom stereocenters. The Morgan fingerprint density at radius 2 is 2.00 bits per heavy atom. The Morgan fingerprint density at radius 1 is 1.23 bits per heavy atom. The predicted molar refractivity (Wildman–Crippen MR) is 35.7 cm³/mol. The molecule has 2 heterocycles. The molecule has 2 bridgehead atoms. The summed E-state index contributed by atoms with van der Waals surface area (Å²) in [6.07, 6.45) is 2.27. The van der Waals surface area contributed by atoms with E-state index < -0.39 is 23.4 Å². The third-order valence-corrected chi connectivity index (χ3v) is 1.31. The molecule has 2 rings (SSSR count). The Hall–Kier alpha value is -2.18. The first-order valence-corrected chi connectivity index (χ1v) is 3.20. The van der Waals surface area contributed by atoms with Gasteiger partial charge in [-0.3, -0.25) is 4.79 Å². The number of carbonyl (C=O) groups excluding carboxylic acids is 2. The van der Waals surface area contributed by atoms with Crippen LogP contribution in [0.2, 0.25) is 0 Å². The summed E-state index contributed by atoms with van der Waals surface area (Å²) in [6, 6.07) is 0. The van der Waals surface area contributed by atoms with E-state index in [1.54, 1.807) is 0 Å². The quantitative estimate of drug-likeness (QED) is 0.344. The van der Waals surface area contributed by atoms with Gasteiger partial charge in [0.05, 0.1) is 12.4 Å². The van der Waals surface area contributed by atoms with Crippen molar-refractivity contribution in [3.05, 3.63) is 22.7 Å². The lowest BCUT2D eigenvalue weighted by Gasteiger charge is -1.97. The molecule has 0 radical (unpaired) electrons. The molecule has 0 unspecified atom stereocenters. The number of hydrogen-bond acceptors (Lipinski definition) is 6. The molecule has 1 aromatic heterocycles. The molecule has 7 nitrogen and oxygen atoms in total. The Morgan fingerprint density at radius 3 is 2.77 bits per heavy atom. The van der Waals surface area contributed by atoms with Crippen LogP contribution in [-0.4, -0.2) is 21.7 Å². The summed E-state index contributed by atoms with van der Waals surface area (Å²) in [5.41, 5.74) is -0.790. The molecule has 0 aromatic carbocycles. The van der Waals surface area contributed by atoms with E-state index in [1.165, 1.54) is 6.20 Å². The minimum absolute atomic E-state index is 0.474. The highest BCUT2D eigenvalue weighted by Crippen LogP contribution is 1.99. The molecule has 0 saturated carbocycles. The van der Waals surface area contributed by atoms with Crippen LogP contribution in [0.3, 0.4) is 0 Å². The minimum Gasteiger partial charge on any atom is -0.393 e. The van der Waals surface area contributed by atoms with Gasteiger partial charge in [-0.25, -0.2) is 14.6 Å². The number of fused-ring (bicyclic) bond motifs is 2. The molecule has 0 aliphatic carbocycles. The van der Waals surface area contributed by atoms with Crippen LogP contribution in [0.15, 0.2) is 17.2 Å². The van der Waals surface area contributed by atoms with E-state index in [4.69, 9.17) is 0 Å². The second-order valence-corrected chi connectivity index (χ2v) is 2.13. The zero-order chi connectivity index (χ0) is 9.42. The van der Waals surface area contributed by atoms with Crippen molar-refractivity contribution in [3.63, 3.8) is 0 Å². The highest BCUT2D eigenvalue weighted by Gasteiger charge is 2.26. The van der Waals surface area contributed by atoms with Crippen molar-refractivity contribution in [2.45, 2.75) is 0 Å². The minimum atomic E-state index is -1.27. The van der Waals surface area contributed by atoms with Gasteiger partial charge in [0.15, 0.2) is 0 Å². The number of esters is 1. The third-order valence-electron chi connectivity index (χ3n) is 1.31. The van der Waals surface area contributed by atoms with Crippen LogP contribution >= 0.6 is 0 Å². The van der Waals surface area contributed by atoms with Gasteiger partial charge in [0.2, 0.25) is 0 Å². The fourth-order valence-electron chi connectivity index (χ4n) is 0.777. The lowest BCUT2D eigenvalue weighted by Crippen LogP contribution is -2.30. The van der Waals surface area contributed by atoms with Crippen LogP contribution in [0.25, 0.3) is 0 Å².